The average Bonchev–Trinajstić information content (AvgIpc) is 2.68. The Morgan fingerprint density at radius 3 is 2.29 bits per heavy atom. The number of para-hydroxylation sites is 2. The normalized spacial score (nSPS) is 16.8. The van der Waals surface area contributed by atoms with Crippen molar-refractivity contribution in [2.45, 2.75) is 13.0 Å². The lowest BCUT2D eigenvalue weighted by Gasteiger charge is -2.29. The van der Waals surface area contributed by atoms with Crippen molar-refractivity contribution in [3.8, 4) is 0 Å². The van der Waals surface area contributed by atoms with Crippen LogP contribution in [0.25, 0.3) is 0 Å². The van der Waals surface area contributed by atoms with Crippen LogP contribution in [0.2, 0.25) is 0 Å². The first-order valence-corrected chi connectivity index (χ1v) is 9.66. The monoisotopic (exact) mass is 375 g/mol. The number of nitrogens with two attached hydrogens (primary N) is 1. The highest BCUT2D eigenvalue weighted by atomic mass is 15.1. The number of hydrogen-bond acceptors (Lipinski definition) is 3. The summed E-state index contributed by atoms with van der Waals surface area (Å²) in [6.07, 6.45) is 8.92. The Morgan fingerprint density at radius 1 is 1.04 bits per heavy atom. The van der Waals surface area contributed by atoms with Gasteiger partial charge in [0.25, 0.3) is 0 Å². The number of benzene rings is 2. The fraction of sp³-hybridized carbons (Fsp3) is 0.292. The minimum atomic E-state index is 0.0946. The maximum atomic E-state index is 6.22. The third kappa shape index (κ3) is 4.28. The van der Waals surface area contributed by atoms with E-state index in [1.54, 1.807) is 0 Å². The molecule has 4 heteroatoms. The Balaban J connectivity index is 2.01. The summed E-state index contributed by atoms with van der Waals surface area (Å²) < 4.78 is 2.12. The number of nitrogens with zero attached hydrogens (tertiary/aromatic N) is 2. The van der Waals surface area contributed by atoms with Crippen molar-refractivity contribution in [1.29, 1.82) is 0 Å². The standard InChI is InChI=1S/C24H31N4/c1-17-16-20(28(4)5)14-15-21(17)24(26-23-9-7-6-8-22(23)25)18-10-12-19(13-11-18)27(2)3/h6-16,18,24,26H,25H2,1-5H3/q+1. The van der Waals surface area contributed by atoms with E-state index in [4.69, 9.17) is 5.73 Å². The van der Waals surface area contributed by atoms with Gasteiger partial charge in [-0.2, -0.15) is 0 Å². The number of anilines is 3. The fourth-order valence-corrected chi connectivity index (χ4v) is 3.52. The minimum absolute atomic E-state index is 0.0946. The molecule has 1 aliphatic rings. The molecule has 0 aliphatic heterocycles. The van der Waals surface area contributed by atoms with E-state index in [-0.39, 0.29) is 12.0 Å². The Labute approximate surface area is 168 Å². The maximum Gasteiger partial charge on any atom is 0.198 e. The lowest BCUT2D eigenvalue weighted by molar-refractivity contribution is -0.462. The molecule has 0 bridgehead atoms. The summed E-state index contributed by atoms with van der Waals surface area (Å²) in [5.41, 5.74) is 12.9. The number of nitrogens with one attached hydrogen (secondary N) is 1. The smallest absolute Gasteiger partial charge is 0.198 e. The van der Waals surface area contributed by atoms with Crippen LogP contribution in [0.4, 0.5) is 17.1 Å². The molecule has 2 aromatic rings. The second kappa shape index (κ2) is 8.34. The lowest BCUT2D eigenvalue weighted by Crippen LogP contribution is -2.23. The highest BCUT2D eigenvalue weighted by molar-refractivity contribution is 6.01. The molecule has 0 saturated heterocycles. The van der Waals surface area contributed by atoms with Gasteiger partial charge in [-0.15, -0.1) is 0 Å². The molecule has 28 heavy (non-hydrogen) atoms. The zero-order valence-electron chi connectivity index (χ0n) is 17.5. The first-order chi connectivity index (χ1) is 13.4. The molecule has 0 heterocycles. The first kappa shape index (κ1) is 19.7. The molecule has 4 nitrogen and oxygen atoms in total. The van der Waals surface area contributed by atoms with Crippen molar-refractivity contribution < 1.29 is 4.58 Å². The highest BCUT2D eigenvalue weighted by Crippen LogP contribution is 2.35. The molecule has 0 radical (unpaired) electrons. The van der Waals surface area contributed by atoms with E-state index in [1.165, 1.54) is 22.5 Å². The predicted molar refractivity (Wildman–Crippen MR) is 122 cm³/mol. The summed E-state index contributed by atoms with van der Waals surface area (Å²) >= 11 is 0. The number of allylic oxidation sites excluding steroid dienone is 2. The Kier molecular flexibility index (Phi) is 5.88. The number of rotatable bonds is 5. The predicted octanol–water partition coefficient (Wildman–Crippen LogP) is 4.25. The van der Waals surface area contributed by atoms with Gasteiger partial charge in [-0.05, 0) is 42.3 Å². The van der Waals surface area contributed by atoms with Gasteiger partial charge in [-0.3, -0.25) is 0 Å². The van der Waals surface area contributed by atoms with Gasteiger partial charge in [0.05, 0.1) is 17.4 Å². The van der Waals surface area contributed by atoms with Crippen LogP contribution in [0.15, 0.2) is 66.8 Å². The van der Waals surface area contributed by atoms with Crippen LogP contribution in [0.1, 0.15) is 17.2 Å². The number of aryl methyl sites for hydroxylation is 1. The molecule has 146 valence electrons. The van der Waals surface area contributed by atoms with Gasteiger partial charge in [0.2, 0.25) is 0 Å². The number of nitrogen functional groups attached to an aromatic ring is 1. The maximum absolute atomic E-state index is 6.22. The van der Waals surface area contributed by atoms with Crippen LogP contribution >= 0.6 is 0 Å². The van der Waals surface area contributed by atoms with Gasteiger partial charge in [-0.1, -0.05) is 30.4 Å². The fourth-order valence-electron chi connectivity index (χ4n) is 3.52. The molecule has 3 rings (SSSR count). The summed E-state index contributed by atoms with van der Waals surface area (Å²) in [5.74, 6) is 0.229. The van der Waals surface area contributed by atoms with Gasteiger partial charge in [0.15, 0.2) is 5.71 Å². The van der Waals surface area contributed by atoms with Gasteiger partial charge in [0, 0.05) is 37.9 Å². The zero-order valence-corrected chi connectivity index (χ0v) is 17.5. The molecule has 0 saturated carbocycles. The molecule has 3 N–H and O–H groups in total. The van der Waals surface area contributed by atoms with Crippen molar-refractivity contribution in [1.82, 2.24) is 0 Å². The number of hydrogen-bond donors (Lipinski definition) is 2. The van der Waals surface area contributed by atoms with Gasteiger partial charge >= 0.3 is 0 Å². The Bertz CT molecular complexity index is 917. The minimum Gasteiger partial charge on any atom is -0.397 e. The van der Waals surface area contributed by atoms with Crippen LogP contribution in [-0.2, 0) is 0 Å². The quantitative estimate of drug-likeness (QED) is 0.606. The molecule has 0 aromatic heterocycles. The Morgan fingerprint density at radius 2 is 1.71 bits per heavy atom. The van der Waals surface area contributed by atoms with Crippen LogP contribution < -0.4 is 16.0 Å². The van der Waals surface area contributed by atoms with E-state index in [0.29, 0.717) is 0 Å². The van der Waals surface area contributed by atoms with Crippen molar-refractivity contribution in [2.24, 2.45) is 5.92 Å². The lowest BCUT2D eigenvalue weighted by atomic mass is 9.86. The average molecular weight is 376 g/mol. The second-order valence-corrected chi connectivity index (χ2v) is 7.76. The van der Waals surface area contributed by atoms with E-state index in [0.717, 1.165) is 11.4 Å². The summed E-state index contributed by atoms with van der Waals surface area (Å²) in [6, 6.07) is 14.7. The van der Waals surface area contributed by atoms with Gasteiger partial charge < -0.3 is 16.0 Å². The first-order valence-electron chi connectivity index (χ1n) is 9.66. The third-order valence-corrected chi connectivity index (χ3v) is 5.26. The molecular formula is C24H31N4+. The van der Waals surface area contributed by atoms with Crippen molar-refractivity contribution >= 4 is 22.8 Å². The summed E-state index contributed by atoms with van der Waals surface area (Å²) in [6.45, 7) is 2.18. The summed E-state index contributed by atoms with van der Waals surface area (Å²) in [7, 11) is 8.27. The molecule has 0 spiro atoms. The van der Waals surface area contributed by atoms with Crippen LogP contribution in [0.5, 0.6) is 0 Å². The van der Waals surface area contributed by atoms with E-state index in [2.05, 4.69) is 92.4 Å². The summed E-state index contributed by atoms with van der Waals surface area (Å²) in [5, 5.41) is 3.70. The SMILES string of the molecule is Cc1cc(N(C)C)ccc1C(Nc1ccccc1N)C1C=CC(=[N+](C)C)C=C1. The molecule has 2 aromatic carbocycles. The highest BCUT2D eigenvalue weighted by Gasteiger charge is 2.24. The van der Waals surface area contributed by atoms with Crippen molar-refractivity contribution in [2.75, 3.05) is 44.1 Å². The zero-order chi connectivity index (χ0) is 20.3. The van der Waals surface area contributed by atoms with E-state index < -0.39 is 0 Å². The van der Waals surface area contributed by atoms with Crippen LogP contribution in [0.3, 0.4) is 0 Å². The molecule has 0 fully saturated rings. The summed E-state index contributed by atoms with van der Waals surface area (Å²) in [4.78, 5) is 2.13. The molecule has 1 unspecified atom stereocenters. The van der Waals surface area contributed by atoms with Crippen LogP contribution in [-0.4, -0.2) is 38.5 Å². The molecule has 1 atom stereocenters. The third-order valence-electron chi connectivity index (χ3n) is 5.26. The van der Waals surface area contributed by atoms with E-state index in [1.807, 2.05) is 24.3 Å². The Hall–Kier alpha value is -3.01. The van der Waals surface area contributed by atoms with Crippen molar-refractivity contribution in [3.05, 3.63) is 77.9 Å². The molecular weight excluding hydrogens is 344 g/mol. The van der Waals surface area contributed by atoms with Crippen molar-refractivity contribution in [3.63, 3.8) is 0 Å². The largest absolute Gasteiger partial charge is 0.397 e. The van der Waals surface area contributed by atoms with E-state index in [9.17, 15) is 0 Å². The van der Waals surface area contributed by atoms with Gasteiger partial charge in [0.1, 0.15) is 14.1 Å². The van der Waals surface area contributed by atoms with Gasteiger partial charge in [-0.25, -0.2) is 4.58 Å². The molecule has 1 aliphatic carbocycles. The van der Waals surface area contributed by atoms with Crippen LogP contribution in [0, 0.1) is 12.8 Å². The molecule has 0 amide bonds. The van der Waals surface area contributed by atoms with E-state index >= 15 is 0 Å². The topological polar surface area (TPSA) is 44.3 Å². The second-order valence-electron chi connectivity index (χ2n) is 7.76.